The van der Waals surface area contributed by atoms with E-state index in [-0.39, 0.29) is 5.78 Å². The molecule has 1 aromatic carbocycles. The fourth-order valence-corrected chi connectivity index (χ4v) is 1.89. The number of Topliss-reactive ketones (excluding diaryl/α,β-unsaturated/α-hetero) is 1. The summed E-state index contributed by atoms with van der Waals surface area (Å²) in [6.07, 6.45) is 1.59. The van der Waals surface area contributed by atoms with Crippen molar-refractivity contribution >= 4 is 5.78 Å². The molecule has 0 fully saturated rings. The Morgan fingerprint density at radius 1 is 1.20 bits per heavy atom. The summed E-state index contributed by atoms with van der Waals surface area (Å²) in [4.78, 5) is 13.0. The van der Waals surface area contributed by atoms with E-state index in [0.717, 1.165) is 37.4 Å². The Kier molecular flexibility index (Phi) is 7.92. The van der Waals surface area contributed by atoms with Gasteiger partial charge in [-0.15, -0.1) is 0 Å². The molecule has 0 saturated carbocycles. The molecule has 0 atom stereocenters. The average molecular weight is 280 g/mol. The van der Waals surface area contributed by atoms with Crippen molar-refractivity contribution in [1.82, 2.24) is 0 Å². The summed E-state index contributed by atoms with van der Waals surface area (Å²) in [5.41, 5.74) is 0.763. The topological polar surface area (TPSA) is 47.3 Å². The summed E-state index contributed by atoms with van der Waals surface area (Å²) in [7, 11) is 4.34. The zero-order valence-electron chi connectivity index (χ0n) is 12.9. The van der Waals surface area contributed by atoms with Gasteiger partial charge in [-0.05, 0) is 24.3 Å². The van der Waals surface area contributed by atoms with E-state index in [2.05, 4.69) is 19.4 Å². The fraction of sp³-hybridized carbons (Fsp3) is 0.562. The van der Waals surface area contributed by atoms with Gasteiger partial charge in [0.05, 0.1) is 27.2 Å². The highest BCUT2D eigenvalue weighted by molar-refractivity contribution is 5.95. The maximum atomic E-state index is 11.5. The van der Waals surface area contributed by atoms with Crippen LogP contribution in [0.2, 0.25) is 0 Å². The largest absolute Gasteiger partial charge is 0.493 e. The smallest absolute Gasteiger partial charge is 0.162 e. The number of carbonyl (C=O) groups excluding carboxylic acids is 1. The number of nitrogens with two attached hydrogens (primary N) is 1. The van der Waals surface area contributed by atoms with Crippen LogP contribution < -0.4 is 15.0 Å². The van der Waals surface area contributed by atoms with Crippen molar-refractivity contribution in [2.24, 2.45) is 0 Å². The molecule has 4 nitrogen and oxygen atoms in total. The Bertz CT molecular complexity index is 388. The highest BCUT2D eigenvalue weighted by Gasteiger charge is 2.03. The van der Waals surface area contributed by atoms with Gasteiger partial charge in [0, 0.05) is 18.4 Å². The number of nitrogens with one attached hydrogen (secondary N) is 1. The van der Waals surface area contributed by atoms with Crippen LogP contribution in [0.3, 0.4) is 0 Å². The van der Waals surface area contributed by atoms with Crippen LogP contribution in [0.5, 0.6) is 5.75 Å². The molecule has 0 aromatic heterocycles. The normalized spacial score (nSPS) is 10.8. The van der Waals surface area contributed by atoms with Gasteiger partial charge in [-0.3, -0.25) is 4.79 Å². The van der Waals surface area contributed by atoms with Crippen molar-refractivity contribution in [2.45, 2.75) is 19.8 Å². The lowest BCUT2D eigenvalue weighted by molar-refractivity contribution is -0.874. The Hall–Kier alpha value is -1.39. The second-order valence-electron chi connectivity index (χ2n) is 5.33. The molecule has 4 heteroatoms. The maximum absolute atomic E-state index is 11.5. The van der Waals surface area contributed by atoms with Gasteiger partial charge in [0.15, 0.2) is 5.78 Å². The lowest BCUT2D eigenvalue weighted by atomic mass is 10.1. The molecule has 0 heterocycles. The third-order valence-corrected chi connectivity index (χ3v) is 3.17. The van der Waals surface area contributed by atoms with Crippen molar-refractivity contribution in [1.29, 1.82) is 0 Å². The first-order valence-electron chi connectivity index (χ1n) is 7.50. The summed E-state index contributed by atoms with van der Waals surface area (Å²) in [5.74, 6) is 1.02. The standard InChI is InChI=1S/C16H26N2O2/c1-4-16(19)14-6-8-15(9-7-14)20-13-5-10-17-11-12-18(2)3/h6-9,17H,4-5,10-13H2,1-3H3/p+2. The number of likely N-dealkylation sites (N-methyl/N-ethyl adjacent to an activating group) is 1. The number of hydrogen-bond acceptors (Lipinski definition) is 2. The highest BCUT2D eigenvalue weighted by Crippen LogP contribution is 2.13. The predicted molar refractivity (Wildman–Crippen MR) is 80.5 cm³/mol. The summed E-state index contributed by atoms with van der Waals surface area (Å²) < 4.78 is 5.67. The number of hydrogen-bond donors (Lipinski definition) is 2. The number of rotatable bonds is 10. The quantitative estimate of drug-likeness (QED) is 0.459. The summed E-state index contributed by atoms with van der Waals surface area (Å²) in [5, 5.41) is 2.33. The second-order valence-corrected chi connectivity index (χ2v) is 5.33. The van der Waals surface area contributed by atoms with Crippen LogP contribution in [0.15, 0.2) is 24.3 Å². The molecule has 0 radical (unpaired) electrons. The summed E-state index contributed by atoms with van der Waals surface area (Å²) in [6.45, 7) is 6.05. The molecule has 0 amide bonds. The van der Waals surface area contributed by atoms with E-state index < -0.39 is 0 Å². The van der Waals surface area contributed by atoms with Crippen molar-refractivity contribution in [2.75, 3.05) is 40.3 Å². The zero-order chi connectivity index (χ0) is 14.8. The van der Waals surface area contributed by atoms with Gasteiger partial charge in [0.25, 0.3) is 0 Å². The molecule has 0 spiro atoms. The monoisotopic (exact) mass is 280 g/mol. The van der Waals surface area contributed by atoms with Crippen molar-refractivity contribution in [3.63, 3.8) is 0 Å². The Balaban J connectivity index is 2.14. The van der Waals surface area contributed by atoms with E-state index in [1.807, 2.05) is 31.2 Å². The number of ether oxygens (including phenoxy) is 1. The van der Waals surface area contributed by atoms with Crippen molar-refractivity contribution in [3.8, 4) is 5.75 Å². The minimum Gasteiger partial charge on any atom is -0.493 e. The molecule has 0 saturated heterocycles. The number of carbonyl (C=O) groups is 1. The maximum Gasteiger partial charge on any atom is 0.162 e. The Labute approximate surface area is 122 Å². The van der Waals surface area contributed by atoms with Gasteiger partial charge in [-0.25, -0.2) is 0 Å². The first-order chi connectivity index (χ1) is 9.63. The minimum absolute atomic E-state index is 0.175. The van der Waals surface area contributed by atoms with Crippen molar-refractivity contribution < 1.29 is 19.7 Å². The van der Waals surface area contributed by atoms with Gasteiger partial charge >= 0.3 is 0 Å². The molecule has 20 heavy (non-hydrogen) atoms. The van der Waals surface area contributed by atoms with Gasteiger partial charge in [-0.1, -0.05) is 6.92 Å². The predicted octanol–water partition coefficient (Wildman–Crippen LogP) is -0.244. The number of quaternary nitrogens is 2. The van der Waals surface area contributed by atoms with Crippen LogP contribution in [0, 0.1) is 0 Å². The van der Waals surface area contributed by atoms with E-state index >= 15 is 0 Å². The van der Waals surface area contributed by atoms with Gasteiger partial charge in [0.2, 0.25) is 0 Å². The third kappa shape index (κ3) is 6.68. The Morgan fingerprint density at radius 2 is 1.90 bits per heavy atom. The molecule has 0 aliphatic carbocycles. The number of benzene rings is 1. The van der Waals surface area contributed by atoms with Crippen LogP contribution in [-0.2, 0) is 0 Å². The molecule has 0 bridgehead atoms. The summed E-state index contributed by atoms with van der Waals surface area (Å²) in [6, 6.07) is 7.43. The first-order valence-corrected chi connectivity index (χ1v) is 7.50. The molecule has 3 N–H and O–H groups in total. The van der Waals surface area contributed by atoms with E-state index in [4.69, 9.17) is 4.74 Å². The van der Waals surface area contributed by atoms with E-state index in [9.17, 15) is 4.79 Å². The molecule has 0 aliphatic heterocycles. The molecule has 0 unspecified atom stereocenters. The van der Waals surface area contributed by atoms with Crippen LogP contribution in [-0.4, -0.2) is 46.1 Å². The van der Waals surface area contributed by atoms with Gasteiger partial charge in [0.1, 0.15) is 18.8 Å². The Morgan fingerprint density at radius 3 is 2.50 bits per heavy atom. The van der Waals surface area contributed by atoms with Gasteiger partial charge < -0.3 is 15.0 Å². The van der Waals surface area contributed by atoms with E-state index in [1.54, 1.807) is 0 Å². The fourth-order valence-electron chi connectivity index (χ4n) is 1.89. The minimum atomic E-state index is 0.175. The van der Waals surface area contributed by atoms with Crippen LogP contribution >= 0.6 is 0 Å². The van der Waals surface area contributed by atoms with Crippen LogP contribution in [0.4, 0.5) is 0 Å². The molecular weight excluding hydrogens is 252 g/mol. The SMILES string of the molecule is CCC(=O)c1ccc(OCCC[NH2+]CC[NH+](C)C)cc1. The van der Waals surface area contributed by atoms with E-state index in [0.29, 0.717) is 6.42 Å². The van der Waals surface area contributed by atoms with Gasteiger partial charge in [-0.2, -0.15) is 0 Å². The molecule has 0 aliphatic rings. The third-order valence-electron chi connectivity index (χ3n) is 3.17. The van der Waals surface area contributed by atoms with Crippen LogP contribution in [0.25, 0.3) is 0 Å². The van der Waals surface area contributed by atoms with Crippen LogP contribution in [0.1, 0.15) is 30.1 Å². The first kappa shape index (κ1) is 16.7. The zero-order valence-corrected chi connectivity index (χ0v) is 12.9. The molecule has 112 valence electrons. The number of ketones is 1. The summed E-state index contributed by atoms with van der Waals surface area (Å²) >= 11 is 0. The highest BCUT2D eigenvalue weighted by atomic mass is 16.5. The molecular formula is C16H28N2O2+2. The van der Waals surface area contributed by atoms with Crippen molar-refractivity contribution in [3.05, 3.63) is 29.8 Å². The average Bonchev–Trinajstić information content (AvgIpc) is 2.45. The lowest BCUT2D eigenvalue weighted by Gasteiger charge is -2.07. The second kappa shape index (κ2) is 9.50. The molecule has 1 rings (SSSR count). The molecule has 1 aromatic rings. The van der Waals surface area contributed by atoms with E-state index in [1.165, 1.54) is 11.4 Å². The lowest BCUT2D eigenvalue weighted by Crippen LogP contribution is -3.09.